The molecule has 0 aromatic heterocycles. The highest BCUT2D eigenvalue weighted by Crippen LogP contribution is 2.09. The lowest BCUT2D eigenvalue weighted by molar-refractivity contribution is 0.0752. The van der Waals surface area contributed by atoms with Crippen LogP contribution in [-0.4, -0.2) is 25.3 Å². The van der Waals surface area contributed by atoms with E-state index in [0.717, 1.165) is 13.2 Å². The number of rotatable bonds is 5. The van der Waals surface area contributed by atoms with Gasteiger partial charge in [0.2, 0.25) is 0 Å². The first kappa shape index (κ1) is 12.7. The zero-order valence-corrected chi connectivity index (χ0v) is 10.4. The molecule has 1 heterocycles. The van der Waals surface area contributed by atoms with Gasteiger partial charge in [-0.25, -0.2) is 0 Å². The summed E-state index contributed by atoms with van der Waals surface area (Å²) in [4.78, 5) is 0. The van der Waals surface area contributed by atoms with E-state index >= 15 is 0 Å². The number of hydrogen-bond acceptors (Lipinski definition) is 2. The first-order valence-electron chi connectivity index (χ1n) is 6.15. The SMILES string of the molecule is CC(C)=CCCC(C)NC1CCOCC1. The largest absolute Gasteiger partial charge is 0.381 e. The molecule has 1 rings (SSSR count). The Kier molecular flexibility index (Phi) is 5.96. The molecule has 88 valence electrons. The van der Waals surface area contributed by atoms with Gasteiger partial charge in [0.1, 0.15) is 0 Å². The molecule has 0 bridgehead atoms. The quantitative estimate of drug-likeness (QED) is 0.706. The van der Waals surface area contributed by atoms with Gasteiger partial charge in [0, 0.05) is 25.3 Å². The zero-order valence-electron chi connectivity index (χ0n) is 10.4. The Morgan fingerprint density at radius 3 is 2.67 bits per heavy atom. The molecule has 0 radical (unpaired) electrons. The summed E-state index contributed by atoms with van der Waals surface area (Å²) in [6.45, 7) is 8.47. The van der Waals surface area contributed by atoms with Crippen LogP contribution in [-0.2, 0) is 4.74 Å². The second kappa shape index (κ2) is 7.02. The summed E-state index contributed by atoms with van der Waals surface area (Å²) >= 11 is 0. The molecular weight excluding hydrogens is 186 g/mol. The summed E-state index contributed by atoms with van der Waals surface area (Å²) in [5.74, 6) is 0. The van der Waals surface area contributed by atoms with E-state index in [-0.39, 0.29) is 0 Å². The van der Waals surface area contributed by atoms with Crippen molar-refractivity contribution in [2.45, 2.75) is 58.5 Å². The highest BCUT2D eigenvalue weighted by Gasteiger charge is 2.14. The van der Waals surface area contributed by atoms with E-state index in [0.29, 0.717) is 12.1 Å². The first-order chi connectivity index (χ1) is 7.18. The fourth-order valence-electron chi connectivity index (χ4n) is 1.97. The van der Waals surface area contributed by atoms with Crippen molar-refractivity contribution >= 4 is 0 Å². The van der Waals surface area contributed by atoms with E-state index in [4.69, 9.17) is 4.74 Å². The van der Waals surface area contributed by atoms with Crippen molar-refractivity contribution in [2.24, 2.45) is 0 Å². The number of hydrogen-bond donors (Lipinski definition) is 1. The molecule has 0 aromatic carbocycles. The smallest absolute Gasteiger partial charge is 0.0480 e. The molecule has 1 unspecified atom stereocenters. The Hall–Kier alpha value is -0.340. The van der Waals surface area contributed by atoms with Gasteiger partial charge in [-0.05, 0) is 46.5 Å². The molecule has 1 N–H and O–H groups in total. The van der Waals surface area contributed by atoms with Crippen molar-refractivity contribution in [3.63, 3.8) is 0 Å². The molecule has 1 fully saturated rings. The minimum absolute atomic E-state index is 0.628. The maximum absolute atomic E-state index is 5.34. The molecule has 0 saturated carbocycles. The Morgan fingerprint density at radius 2 is 2.07 bits per heavy atom. The van der Waals surface area contributed by atoms with Crippen LogP contribution in [0.25, 0.3) is 0 Å². The van der Waals surface area contributed by atoms with Gasteiger partial charge in [0.25, 0.3) is 0 Å². The van der Waals surface area contributed by atoms with Crippen molar-refractivity contribution in [3.05, 3.63) is 11.6 Å². The molecule has 1 aliphatic rings. The maximum Gasteiger partial charge on any atom is 0.0480 e. The van der Waals surface area contributed by atoms with Crippen LogP contribution in [0.2, 0.25) is 0 Å². The van der Waals surface area contributed by atoms with Gasteiger partial charge >= 0.3 is 0 Å². The van der Waals surface area contributed by atoms with Crippen LogP contribution in [0.15, 0.2) is 11.6 Å². The molecule has 1 saturated heterocycles. The average molecular weight is 211 g/mol. The average Bonchev–Trinajstić information content (AvgIpc) is 2.18. The number of nitrogens with one attached hydrogen (secondary N) is 1. The second-order valence-corrected chi connectivity index (χ2v) is 4.81. The Balaban J connectivity index is 2.11. The molecule has 1 atom stereocenters. The monoisotopic (exact) mass is 211 g/mol. The van der Waals surface area contributed by atoms with E-state index in [1.807, 2.05) is 0 Å². The van der Waals surface area contributed by atoms with Crippen molar-refractivity contribution in [1.29, 1.82) is 0 Å². The summed E-state index contributed by atoms with van der Waals surface area (Å²) in [6, 6.07) is 1.31. The van der Waals surface area contributed by atoms with E-state index in [1.165, 1.54) is 31.3 Å². The number of ether oxygens (including phenoxy) is 1. The van der Waals surface area contributed by atoms with Gasteiger partial charge in [-0.3, -0.25) is 0 Å². The van der Waals surface area contributed by atoms with E-state index in [2.05, 4.69) is 32.2 Å². The van der Waals surface area contributed by atoms with Crippen LogP contribution in [0.4, 0.5) is 0 Å². The van der Waals surface area contributed by atoms with Gasteiger partial charge < -0.3 is 10.1 Å². The predicted molar refractivity (Wildman–Crippen MR) is 65.1 cm³/mol. The van der Waals surface area contributed by atoms with Gasteiger partial charge in [0.05, 0.1) is 0 Å². The maximum atomic E-state index is 5.34. The van der Waals surface area contributed by atoms with Crippen LogP contribution < -0.4 is 5.32 Å². The highest BCUT2D eigenvalue weighted by molar-refractivity contribution is 4.93. The molecule has 1 aliphatic heterocycles. The Bertz CT molecular complexity index is 191. The fraction of sp³-hybridized carbons (Fsp3) is 0.846. The molecule has 0 amide bonds. The highest BCUT2D eigenvalue weighted by atomic mass is 16.5. The van der Waals surface area contributed by atoms with Crippen LogP contribution in [0.5, 0.6) is 0 Å². The minimum atomic E-state index is 0.628. The summed E-state index contributed by atoms with van der Waals surface area (Å²) in [6.07, 6.45) is 7.10. The lowest BCUT2D eigenvalue weighted by Gasteiger charge is -2.26. The molecule has 15 heavy (non-hydrogen) atoms. The summed E-state index contributed by atoms with van der Waals surface area (Å²) in [5, 5.41) is 3.68. The topological polar surface area (TPSA) is 21.3 Å². The third-order valence-corrected chi connectivity index (χ3v) is 2.89. The minimum Gasteiger partial charge on any atom is -0.381 e. The standard InChI is InChI=1S/C13H25NO/c1-11(2)5-4-6-12(3)14-13-7-9-15-10-8-13/h5,12-14H,4,6-10H2,1-3H3. The molecular formula is C13H25NO. The lowest BCUT2D eigenvalue weighted by Crippen LogP contribution is -2.40. The summed E-state index contributed by atoms with van der Waals surface area (Å²) in [5.41, 5.74) is 1.42. The molecule has 0 aliphatic carbocycles. The second-order valence-electron chi connectivity index (χ2n) is 4.81. The summed E-state index contributed by atoms with van der Waals surface area (Å²) < 4.78 is 5.34. The van der Waals surface area contributed by atoms with Crippen molar-refractivity contribution < 1.29 is 4.74 Å². The van der Waals surface area contributed by atoms with Crippen molar-refractivity contribution in [1.82, 2.24) is 5.32 Å². The fourth-order valence-corrected chi connectivity index (χ4v) is 1.97. The lowest BCUT2D eigenvalue weighted by atomic mass is 10.1. The van der Waals surface area contributed by atoms with Gasteiger partial charge in [-0.2, -0.15) is 0 Å². The summed E-state index contributed by atoms with van der Waals surface area (Å²) in [7, 11) is 0. The molecule has 0 aromatic rings. The molecule has 2 nitrogen and oxygen atoms in total. The van der Waals surface area contributed by atoms with Crippen LogP contribution in [0.1, 0.15) is 46.5 Å². The third-order valence-electron chi connectivity index (χ3n) is 2.89. The van der Waals surface area contributed by atoms with Crippen LogP contribution in [0, 0.1) is 0 Å². The van der Waals surface area contributed by atoms with Gasteiger partial charge in [0.15, 0.2) is 0 Å². The van der Waals surface area contributed by atoms with Crippen molar-refractivity contribution in [3.8, 4) is 0 Å². The molecule has 0 spiro atoms. The number of allylic oxidation sites excluding steroid dienone is 2. The first-order valence-corrected chi connectivity index (χ1v) is 6.15. The zero-order chi connectivity index (χ0) is 11.1. The van der Waals surface area contributed by atoms with Crippen LogP contribution in [0.3, 0.4) is 0 Å². The third kappa shape index (κ3) is 5.95. The predicted octanol–water partition coefficient (Wildman–Crippen LogP) is 2.89. The normalized spacial score (nSPS) is 19.9. The molecule has 2 heteroatoms. The Morgan fingerprint density at radius 1 is 1.40 bits per heavy atom. The van der Waals surface area contributed by atoms with Gasteiger partial charge in [-0.15, -0.1) is 0 Å². The van der Waals surface area contributed by atoms with Crippen molar-refractivity contribution in [2.75, 3.05) is 13.2 Å². The van der Waals surface area contributed by atoms with E-state index in [9.17, 15) is 0 Å². The van der Waals surface area contributed by atoms with E-state index in [1.54, 1.807) is 0 Å². The Labute approximate surface area is 94.1 Å². The van der Waals surface area contributed by atoms with E-state index < -0.39 is 0 Å². The van der Waals surface area contributed by atoms with Crippen LogP contribution >= 0.6 is 0 Å². The van der Waals surface area contributed by atoms with Gasteiger partial charge in [-0.1, -0.05) is 11.6 Å².